The number of amides is 1. The molecule has 4 aliphatic heterocycles. The largest absolute Gasteiger partial charge is 0.497 e. The van der Waals surface area contributed by atoms with Crippen molar-refractivity contribution in [3.8, 4) is 11.5 Å². The number of rotatable bonds is 9. The van der Waals surface area contributed by atoms with E-state index in [1.54, 1.807) is 11.0 Å². The van der Waals surface area contributed by atoms with Crippen LogP contribution < -0.4 is 9.47 Å². The molecule has 13 heteroatoms. The van der Waals surface area contributed by atoms with Crippen molar-refractivity contribution in [2.24, 2.45) is 11.8 Å². The molecule has 1 amide bonds. The Morgan fingerprint density at radius 3 is 2.73 bits per heavy atom. The number of ether oxygens (including phenoxy) is 5. The summed E-state index contributed by atoms with van der Waals surface area (Å²) in [6.45, 7) is 1.02. The summed E-state index contributed by atoms with van der Waals surface area (Å²) in [5.74, 6) is -0.668. The van der Waals surface area contributed by atoms with Crippen LogP contribution in [0.25, 0.3) is 0 Å². The van der Waals surface area contributed by atoms with E-state index in [9.17, 15) is 23.1 Å². The zero-order valence-electron chi connectivity index (χ0n) is 27.1. The van der Waals surface area contributed by atoms with Gasteiger partial charge in [0, 0.05) is 44.1 Å². The average Bonchev–Trinajstić information content (AvgIpc) is 3.79. The SMILES string of the molecule is COc1ccc2c(c1)OCC/C=C\CN1C(=O)CC[C@@H]1CN(C[C@@H](O)[C@@H](CC(=O)O[C@H]1CO[C@H]3OCC[C@H]31)Cc1ccccc1)S2(=O)=O. The highest BCUT2D eigenvalue weighted by atomic mass is 32.2. The van der Waals surface area contributed by atoms with Crippen molar-refractivity contribution in [1.82, 2.24) is 9.21 Å². The van der Waals surface area contributed by atoms with Crippen LogP contribution in [0.1, 0.15) is 37.7 Å². The number of nitrogens with zero attached hydrogens (tertiary/aromatic N) is 2. The number of fused-ring (bicyclic) bond motifs is 3. The second kappa shape index (κ2) is 15.4. The zero-order valence-corrected chi connectivity index (χ0v) is 28.0. The predicted octanol–water partition coefficient (Wildman–Crippen LogP) is 2.93. The third-order valence-corrected chi connectivity index (χ3v) is 11.5. The summed E-state index contributed by atoms with van der Waals surface area (Å²) in [4.78, 5) is 27.9. The minimum absolute atomic E-state index is 0.0315. The topological polar surface area (TPSA) is 141 Å². The van der Waals surface area contributed by atoms with Gasteiger partial charge in [0.05, 0.1) is 45.4 Å². The van der Waals surface area contributed by atoms with Crippen LogP contribution in [-0.4, -0.2) is 106 Å². The zero-order chi connectivity index (χ0) is 33.7. The van der Waals surface area contributed by atoms with E-state index in [1.165, 1.54) is 23.5 Å². The highest BCUT2D eigenvalue weighted by Gasteiger charge is 2.44. The van der Waals surface area contributed by atoms with Gasteiger partial charge in [-0.2, -0.15) is 4.31 Å². The molecule has 3 fully saturated rings. The number of aliphatic hydroxyl groups is 1. The third kappa shape index (κ3) is 7.86. The lowest BCUT2D eigenvalue weighted by atomic mass is 9.90. The van der Waals surface area contributed by atoms with E-state index < -0.39 is 40.2 Å². The maximum absolute atomic E-state index is 14.5. The van der Waals surface area contributed by atoms with Crippen molar-refractivity contribution >= 4 is 21.9 Å². The first-order chi connectivity index (χ1) is 23.2. The average molecular weight is 685 g/mol. The van der Waals surface area contributed by atoms with Crippen molar-refractivity contribution in [1.29, 1.82) is 0 Å². The third-order valence-electron chi connectivity index (χ3n) is 9.62. The van der Waals surface area contributed by atoms with Gasteiger partial charge in [-0.25, -0.2) is 8.42 Å². The molecular formula is C35H44N2O10S. The molecule has 0 unspecified atom stereocenters. The molecule has 0 aromatic heterocycles. The molecule has 2 aromatic carbocycles. The summed E-state index contributed by atoms with van der Waals surface area (Å²) in [6, 6.07) is 13.6. The van der Waals surface area contributed by atoms with Crippen LogP contribution in [0.5, 0.6) is 11.5 Å². The predicted molar refractivity (Wildman–Crippen MR) is 174 cm³/mol. The van der Waals surface area contributed by atoms with Gasteiger partial charge in [-0.3, -0.25) is 9.59 Å². The van der Waals surface area contributed by atoms with Crippen LogP contribution in [-0.2, 0) is 40.2 Å². The normalized spacial score (nSPS) is 27.6. The van der Waals surface area contributed by atoms with Crippen molar-refractivity contribution in [3.63, 3.8) is 0 Å². The van der Waals surface area contributed by atoms with Gasteiger partial charge in [0.25, 0.3) is 0 Å². The summed E-state index contributed by atoms with van der Waals surface area (Å²) in [5.41, 5.74) is 0.890. The van der Waals surface area contributed by atoms with Crippen LogP contribution in [0.3, 0.4) is 0 Å². The molecule has 3 saturated heterocycles. The fourth-order valence-corrected chi connectivity index (χ4v) is 8.57. The minimum atomic E-state index is -4.27. The van der Waals surface area contributed by atoms with Gasteiger partial charge in [0.1, 0.15) is 22.5 Å². The van der Waals surface area contributed by atoms with Crippen LogP contribution in [0.2, 0.25) is 0 Å². The van der Waals surface area contributed by atoms with E-state index in [2.05, 4.69) is 0 Å². The van der Waals surface area contributed by atoms with Gasteiger partial charge in [0.2, 0.25) is 15.9 Å². The quantitative estimate of drug-likeness (QED) is 0.310. The Labute approximate surface area is 281 Å². The Bertz CT molecular complexity index is 1570. The van der Waals surface area contributed by atoms with Gasteiger partial charge in [-0.15, -0.1) is 0 Å². The number of carbonyl (C=O) groups is 2. The molecule has 4 aliphatic rings. The van der Waals surface area contributed by atoms with E-state index in [0.717, 1.165) is 12.0 Å². The number of methoxy groups -OCH3 is 1. The van der Waals surface area contributed by atoms with E-state index in [-0.39, 0.29) is 61.5 Å². The first-order valence-corrected chi connectivity index (χ1v) is 18.1. The van der Waals surface area contributed by atoms with E-state index >= 15 is 0 Å². The highest BCUT2D eigenvalue weighted by Crippen LogP contribution is 2.35. The molecule has 4 heterocycles. The van der Waals surface area contributed by atoms with Crippen LogP contribution in [0.4, 0.5) is 0 Å². The second-order valence-electron chi connectivity index (χ2n) is 12.8. The van der Waals surface area contributed by atoms with Crippen LogP contribution in [0, 0.1) is 11.8 Å². The number of benzene rings is 2. The smallest absolute Gasteiger partial charge is 0.306 e. The molecule has 0 spiro atoms. The van der Waals surface area contributed by atoms with Gasteiger partial charge < -0.3 is 33.7 Å². The van der Waals surface area contributed by atoms with E-state index in [0.29, 0.717) is 44.6 Å². The summed E-state index contributed by atoms with van der Waals surface area (Å²) < 4.78 is 58.7. The first-order valence-electron chi connectivity index (χ1n) is 16.6. The highest BCUT2D eigenvalue weighted by molar-refractivity contribution is 7.89. The lowest BCUT2D eigenvalue weighted by Crippen LogP contribution is -2.48. The van der Waals surface area contributed by atoms with E-state index in [1.807, 2.05) is 42.5 Å². The van der Waals surface area contributed by atoms with Crippen molar-refractivity contribution in [3.05, 3.63) is 66.2 Å². The Hall–Kier alpha value is -3.49. The molecule has 0 radical (unpaired) electrons. The van der Waals surface area contributed by atoms with Gasteiger partial charge in [-0.05, 0) is 43.4 Å². The van der Waals surface area contributed by atoms with Gasteiger partial charge >= 0.3 is 5.97 Å². The van der Waals surface area contributed by atoms with Crippen molar-refractivity contribution in [2.75, 3.05) is 46.6 Å². The molecule has 260 valence electrons. The number of carbonyl (C=O) groups excluding carboxylic acids is 2. The maximum atomic E-state index is 14.5. The number of hydrogen-bond donors (Lipinski definition) is 1. The first kappa shape index (κ1) is 34.4. The summed E-state index contributed by atoms with van der Waals surface area (Å²) >= 11 is 0. The number of esters is 1. The molecule has 2 aromatic rings. The minimum Gasteiger partial charge on any atom is -0.497 e. The molecule has 0 saturated carbocycles. The molecular weight excluding hydrogens is 640 g/mol. The fourth-order valence-electron chi connectivity index (χ4n) is 6.96. The molecule has 6 atom stereocenters. The molecule has 12 nitrogen and oxygen atoms in total. The van der Waals surface area contributed by atoms with Gasteiger partial charge in [0.15, 0.2) is 6.29 Å². The number of aliphatic hydroxyl groups excluding tert-OH is 1. The number of hydrogen-bond acceptors (Lipinski definition) is 10. The van der Waals surface area contributed by atoms with Crippen LogP contribution in [0.15, 0.2) is 65.6 Å². The summed E-state index contributed by atoms with van der Waals surface area (Å²) in [7, 11) is -2.78. The molecule has 6 rings (SSSR count). The van der Waals surface area contributed by atoms with Gasteiger partial charge in [-0.1, -0.05) is 42.5 Å². The molecule has 1 N–H and O–H groups in total. The maximum Gasteiger partial charge on any atom is 0.306 e. The van der Waals surface area contributed by atoms with Crippen molar-refractivity contribution in [2.45, 2.75) is 68.0 Å². The second-order valence-corrected chi connectivity index (χ2v) is 14.7. The number of β-amino-alcohol motifs (C(OH)–C–C–N with tert-alkyl or cyclic N) is 1. The monoisotopic (exact) mass is 684 g/mol. The fraction of sp³-hybridized carbons (Fsp3) is 0.543. The standard InChI is InChI=1S/C35H44N2O10S/c1-43-27-11-12-32-30(20-27)44-16-7-3-6-15-37-26(10-13-33(37)39)21-36(48(32,41)42)22-29(38)25(18-24-8-4-2-5-9-24)19-34(40)47-31-23-46-35-28(31)14-17-45-35/h2-6,8-9,11-12,20,25-26,28-29,31,35,38H,7,10,13-19,21-23H2,1H3/b6-3-/t25-,26-,28+,29-,31+,35-/m1/s1. The van der Waals surface area contributed by atoms with Crippen LogP contribution >= 0.6 is 0 Å². The van der Waals surface area contributed by atoms with Crippen molar-refractivity contribution < 1.29 is 46.8 Å². The summed E-state index contributed by atoms with van der Waals surface area (Å²) in [5, 5.41) is 11.9. The Kier molecular flexibility index (Phi) is 11.0. The Balaban J connectivity index is 1.29. The molecule has 0 bridgehead atoms. The number of sulfonamides is 1. The Morgan fingerprint density at radius 2 is 1.92 bits per heavy atom. The molecule has 0 aliphatic carbocycles. The summed E-state index contributed by atoms with van der Waals surface area (Å²) in [6.07, 6.45) is 3.99. The lowest BCUT2D eigenvalue weighted by Gasteiger charge is -2.33. The van der Waals surface area contributed by atoms with E-state index in [4.69, 9.17) is 23.7 Å². The molecule has 48 heavy (non-hydrogen) atoms. The Morgan fingerprint density at radius 1 is 1.08 bits per heavy atom. The lowest BCUT2D eigenvalue weighted by molar-refractivity contribution is -0.153.